The van der Waals surface area contributed by atoms with Gasteiger partial charge in [-0.05, 0) is 35.9 Å². The van der Waals surface area contributed by atoms with Crippen molar-refractivity contribution in [1.29, 1.82) is 0 Å². The lowest BCUT2D eigenvalue weighted by molar-refractivity contribution is 0.407. The van der Waals surface area contributed by atoms with Crippen LogP contribution in [0.2, 0.25) is 0 Å². The monoisotopic (exact) mass is 193 g/mol. The van der Waals surface area contributed by atoms with E-state index < -0.39 is 0 Å². The number of fused-ring (bicyclic) bond motifs is 1. The molecule has 0 aromatic carbocycles. The van der Waals surface area contributed by atoms with Crippen molar-refractivity contribution < 1.29 is 4.42 Å². The summed E-state index contributed by atoms with van der Waals surface area (Å²) < 4.78 is 5.57. The highest BCUT2D eigenvalue weighted by molar-refractivity contribution is 5.30. The van der Waals surface area contributed by atoms with Crippen LogP contribution < -0.4 is 5.32 Å². The summed E-state index contributed by atoms with van der Waals surface area (Å²) >= 11 is 0. The van der Waals surface area contributed by atoms with Crippen molar-refractivity contribution in [3.8, 4) is 0 Å². The van der Waals surface area contributed by atoms with Crippen LogP contribution in [0.5, 0.6) is 0 Å². The average Bonchev–Trinajstić information content (AvgIpc) is 2.47. The summed E-state index contributed by atoms with van der Waals surface area (Å²) in [6.07, 6.45) is 4.19. The van der Waals surface area contributed by atoms with Crippen LogP contribution in [0.4, 0.5) is 0 Å². The normalized spacial score (nSPS) is 16.8. The largest absolute Gasteiger partial charge is 0.467 e. The highest BCUT2D eigenvalue weighted by Gasteiger charge is 2.20. The van der Waals surface area contributed by atoms with Crippen LogP contribution in [0.3, 0.4) is 0 Å². The molecule has 0 radical (unpaired) electrons. The van der Waals surface area contributed by atoms with E-state index in [2.05, 4.69) is 26.1 Å². The van der Waals surface area contributed by atoms with Gasteiger partial charge >= 0.3 is 0 Å². The Morgan fingerprint density at radius 3 is 2.93 bits per heavy atom. The summed E-state index contributed by atoms with van der Waals surface area (Å²) in [4.78, 5) is 0. The Balaban J connectivity index is 2.22. The van der Waals surface area contributed by atoms with Gasteiger partial charge in [-0.25, -0.2) is 0 Å². The van der Waals surface area contributed by atoms with Gasteiger partial charge in [-0.1, -0.05) is 20.8 Å². The molecule has 0 atom stereocenters. The van der Waals surface area contributed by atoms with Gasteiger partial charge in [-0.15, -0.1) is 0 Å². The molecule has 2 heterocycles. The van der Waals surface area contributed by atoms with Crippen LogP contribution in [-0.4, -0.2) is 6.54 Å². The second-order valence-corrected chi connectivity index (χ2v) is 5.33. The predicted octanol–water partition coefficient (Wildman–Crippen LogP) is 2.51. The van der Waals surface area contributed by atoms with Crippen LogP contribution in [0, 0.1) is 5.41 Å². The molecule has 1 aromatic rings. The van der Waals surface area contributed by atoms with Gasteiger partial charge in [0.2, 0.25) is 0 Å². The van der Waals surface area contributed by atoms with Gasteiger partial charge in [0.15, 0.2) is 0 Å². The summed E-state index contributed by atoms with van der Waals surface area (Å²) in [5.74, 6) is 1.15. The van der Waals surface area contributed by atoms with Gasteiger partial charge < -0.3 is 9.73 Å². The molecule has 1 aliphatic rings. The van der Waals surface area contributed by atoms with E-state index in [4.69, 9.17) is 4.42 Å². The molecule has 14 heavy (non-hydrogen) atoms. The first kappa shape index (κ1) is 9.78. The van der Waals surface area contributed by atoms with Gasteiger partial charge in [-0.2, -0.15) is 0 Å². The summed E-state index contributed by atoms with van der Waals surface area (Å²) in [5, 5.41) is 3.32. The van der Waals surface area contributed by atoms with E-state index in [1.54, 1.807) is 0 Å². The van der Waals surface area contributed by atoms with Crippen molar-refractivity contribution in [2.24, 2.45) is 5.41 Å². The maximum atomic E-state index is 5.57. The Hall–Kier alpha value is -0.760. The highest BCUT2D eigenvalue weighted by Crippen LogP contribution is 2.27. The summed E-state index contributed by atoms with van der Waals surface area (Å²) in [6.45, 7) is 8.80. The van der Waals surface area contributed by atoms with E-state index in [1.807, 2.05) is 6.26 Å². The first-order valence-electron chi connectivity index (χ1n) is 5.35. The molecule has 0 fully saturated rings. The average molecular weight is 193 g/mol. The lowest BCUT2D eigenvalue weighted by Crippen LogP contribution is -2.23. The maximum Gasteiger partial charge on any atom is 0.121 e. The van der Waals surface area contributed by atoms with Crippen LogP contribution >= 0.6 is 0 Å². The second kappa shape index (κ2) is 3.43. The smallest absolute Gasteiger partial charge is 0.121 e. The minimum Gasteiger partial charge on any atom is -0.467 e. The van der Waals surface area contributed by atoms with Gasteiger partial charge in [-0.3, -0.25) is 0 Å². The van der Waals surface area contributed by atoms with Crippen molar-refractivity contribution in [3.63, 3.8) is 0 Å². The summed E-state index contributed by atoms with van der Waals surface area (Å²) in [5.41, 5.74) is 3.22. The molecule has 0 bridgehead atoms. The lowest BCUT2D eigenvalue weighted by Gasteiger charge is -2.19. The van der Waals surface area contributed by atoms with Crippen LogP contribution in [0.1, 0.15) is 37.7 Å². The molecule has 0 amide bonds. The Kier molecular flexibility index (Phi) is 2.40. The standard InChI is InChI=1S/C12H19NO/c1-12(2,3)6-9-8-14-11-7-13-5-4-10(9)11/h8,13H,4-7H2,1-3H3. The minimum absolute atomic E-state index is 0.350. The summed E-state index contributed by atoms with van der Waals surface area (Å²) in [6, 6.07) is 0. The van der Waals surface area contributed by atoms with Gasteiger partial charge in [0.1, 0.15) is 5.76 Å². The van der Waals surface area contributed by atoms with Gasteiger partial charge in [0.05, 0.1) is 12.8 Å². The van der Waals surface area contributed by atoms with E-state index in [0.717, 1.165) is 31.7 Å². The van der Waals surface area contributed by atoms with Crippen molar-refractivity contribution in [1.82, 2.24) is 5.32 Å². The Morgan fingerprint density at radius 2 is 2.21 bits per heavy atom. The van der Waals surface area contributed by atoms with Crippen molar-refractivity contribution in [2.45, 2.75) is 40.2 Å². The molecule has 0 unspecified atom stereocenters. The SMILES string of the molecule is CC(C)(C)Cc1coc2c1CCNC2. The fourth-order valence-corrected chi connectivity index (χ4v) is 2.05. The highest BCUT2D eigenvalue weighted by atomic mass is 16.3. The van der Waals surface area contributed by atoms with E-state index >= 15 is 0 Å². The van der Waals surface area contributed by atoms with Crippen molar-refractivity contribution >= 4 is 0 Å². The van der Waals surface area contributed by atoms with Crippen LogP contribution in [0.25, 0.3) is 0 Å². The fourth-order valence-electron chi connectivity index (χ4n) is 2.05. The first-order chi connectivity index (χ1) is 6.56. The molecule has 1 aliphatic heterocycles. The third-order valence-corrected chi connectivity index (χ3v) is 2.63. The second-order valence-electron chi connectivity index (χ2n) is 5.33. The Labute approximate surface area is 85.7 Å². The minimum atomic E-state index is 0.350. The predicted molar refractivity (Wildman–Crippen MR) is 57.3 cm³/mol. The zero-order valence-corrected chi connectivity index (χ0v) is 9.31. The van der Waals surface area contributed by atoms with Crippen molar-refractivity contribution in [3.05, 3.63) is 23.2 Å². The van der Waals surface area contributed by atoms with E-state index in [1.165, 1.54) is 11.1 Å². The molecule has 0 aliphatic carbocycles. The van der Waals surface area contributed by atoms with Gasteiger partial charge in [0, 0.05) is 0 Å². The number of furan rings is 1. The third-order valence-electron chi connectivity index (χ3n) is 2.63. The fraction of sp³-hybridized carbons (Fsp3) is 0.667. The molecule has 0 saturated carbocycles. The molecule has 1 aromatic heterocycles. The van der Waals surface area contributed by atoms with E-state index in [-0.39, 0.29) is 0 Å². The molecule has 2 nitrogen and oxygen atoms in total. The number of rotatable bonds is 1. The zero-order chi connectivity index (χ0) is 10.2. The number of hydrogen-bond acceptors (Lipinski definition) is 2. The van der Waals surface area contributed by atoms with E-state index in [9.17, 15) is 0 Å². The van der Waals surface area contributed by atoms with Gasteiger partial charge in [0.25, 0.3) is 0 Å². The summed E-state index contributed by atoms with van der Waals surface area (Å²) in [7, 11) is 0. The molecule has 0 saturated heterocycles. The molecule has 78 valence electrons. The lowest BCUT2D eigenvalue weighted by atomic mass is 9.86. The van der Waals surface area contributed by atoms with Crippen molar-refractivity contribution in [2.75, 3.05) is 6.54 Å². The molecular weight excluding hydrogens is 174 g/mol. The Morgan fingerprint density at radius 1 is 1.43 bits per heavy atom. The number of hydrogen-bond donors (Lipinski definition) is 1. The molecule has 0 spiro atoms. The van der Waals surface area contributed by atoms with Crippen LogP contribution in [-0.2, 0) is 19.4 Å². The number of nitrogens with one attached hydrogen (secondary N) is 1. The topological polar surface area (TPSA) is 25.2 Å². The molecule has 2 rings (SSSR count). The van der Waals surface area contributed by atoms with E-state index in [0.29, 0.717) is 5.41 Å². The molecular formula is C12H19NO. The quantitative estimate of drug-likeness (QED) is 0.741. The Bertz CT molecular complexity index is 320. The third kappa shape index (κ3) is 2.01. The van der Waals surface area contributed by atoms with Crippen LogP contribution in [0.15, 0.2) is 10.7 Å². The maximum absolute atomic E-state index is 5.57. The molecule has 1 N–H and O–H groups in total. The molecule has 2 heteroatoms. The first-order valence-corrected chi connectivity index (χ1v) is 5.35. The zero-order valence-electron chi connectivity index (χ0n) is 9.31.